The molecular formula is C41H48FN5O8S2. The fourth-order valence-corrected chi connectivity index (χ4v) is 10.6. The fraction of sp³-hybridized carbons (Fsp3) is 0.537. The highest BCUT2D eigenvalue weighted by atomic mass is 32.2. The average Bonchev–Trinajstić information content (AvgIpc) is 4.01. The number of benzene rings is 1. The van der Waals surface area contributed by atoms with Crippen molar-refractivity contribution in [3.05, 3.63) is 63.7 Å². The Morgan fingerprint density at radius 2 is 1.95 bits per heavy atom. The highest BCUT2D eigenvalue weighted by molar-refractivity contribution is 7.91. The van der Waals surface area contributed by atoms with Crippen molar-refractivity contribution in [2.45, 2.75) is 119 Å². The number of methoxy groups -OCH3 is 1. The molecule has 3 fully saturated rings. The van der Waals surface area contributed by atoms with Crippen LogP contribution in [-0.4, -0.2) is 83.6 Å². The highest BCUT2D eigenvalue weighted by Crippen LogP contribution is 2.49. The van der Waals surface area contributed by atoms with Crippen LogP contribution in [0.2, 0.25) is 0 Å². The van der Waals surface area contributed by atoms with Crippen molar-refractivity contribution in [2.75, 3.05) is 13.7 Å². The minimum absolute atomic E-state index is 0.00232. The second kappa shape index (κ2) is 14.7. The van der Waals surface area contributed by atoms with Gasteiger partial charge in [0.05, 0.1) is 29.6 Å². The molecule has 0 unspecified atom stereocenters. The van der Waals surface area contributed by atoms with Gasteiger partial charge < -0.3 is 25.0 Å². The van der Waals surface area contributed by atoms with Gasteiger partial charge in [0.1, 0.15) is 45.4 Å². The molecule has 1 spiro atoms. The van der Waals surface area contributed by atoms with Gasteiger partial charge in [-0.3, -0.25) is 23.9 Å². The summed E-state index contributed by atoms with van der Waals surface area (Å²) in [7, 11) is -2.42. The van der Waals surface area contributed by atoms with Gasteiger partial charge in [0.15, 0.2) is 0 Å². The van der Waals surface area contributed by atoms with Gasteiger partial charge in [0, 0.05) is 23.3 Å². The van der Waals surface area contributed by atoms with Gasteiger partial charge in [0.2, 0.25) is 21.8 Å². The fourth-order valence-electron chi connectivity index (χ4n) is 8.62. The molecule has 2 aromatic heterocycles. The first-order chi connectivity index (χ1) is 27.2. The lowest BCUT2D eigenvalue weighted by Crippen LogP contribution is -2.58. The number of nitrogens with one attached hydrogen (secondary N) is 3. The summed E-state index contributed by atoms with van der Waals surface area (Å²) < 4.78 is 54.7. The molecule has 2 saturated carbocycles. The van der Waals surface area contributed by atoms with Gasteiger partial charge in [-0.05, 0) is 94.4 Å². The summed E-state index contributed by atoms with van der Waals surface area (Å²) in [5, 5.41) is 8.06. The van der Waals surface area contributed by atoms with Crippen LogP contribution in [0.4, 0.5) is 4.39 Å². The standard InChI is InChI=1S/C41H48FN5O8S2/c1-4-29-33-26(27-20-25(54-3)12-13-30(27)43-29)14-16-40(55-33)22-32-35(48)45-41(38(51)46-57(52,53)39(2)17-18-39)21-24(41)10-8-6-5-7-9-11-31(37(50)47(32)23-40)44-36(49)34-28(42)15-19-56-34/h8,10,12-13,15,19-20,24,31-32H,4-7,9,11,14,16-18,21-23H2,1-3H3,(H,44,49)(H,45,48)(H,46,51)/b10-8-/t24-,31+,32+,40-,41-/m1/s1. The molecule has 3 aliphatic heterocycles. The SMILES string of the molecule is CCc1nc2ccc(OC)cc2c2c1O[C@]1(CC2)C[C@H]2C(=O)N[C@]3(C(=O)NS(=O)(=O)C4(C)CC4)C[C@H]3/C=C\CCCCC[C@H](NC(=O)c3sccc3F)C(=O)N2C1. The van der Waals surface area contributed by atoms with E-state index in [1.165, 1.54) is 16.3 Å². The number of nitrogens with zero attached hydrogens (tertiary/aromatic N) is 2. The van der Waals surface area contributed by atoms with Crippen molar-refractivity contribution in [2.24, 2.45) is 5.92 Å². The molecule has 13 nitrogen and oxygen atoms in total. The molecule has 304 valence electrons. The largest absolute Gasteiger partial charge is 0.497 e. The third kappa shape index (κ3) is 7.17. The van der Waals surface area contributed by atoms with Crippen molar-refractivity contribution >= 4 is 55.9 Å². The van der Waals surface area contributed by atoms with E-state index in [0.717, 1.165) is 46.3 Å². The third-order valence-electron chi connectivity index (χ3n) is 12.5. The normalized spacial score (nSPS) is 28.8. The third-order valence-corrected chi connectivity index (χ3v) is 15.6. The zero-order valence-electron chi connectivity index (χ0n) is 32.3. The molecule has 5 heterocycles. The van der Waals surface area contributed by atoms with E-state index in [2.05, 4.69) is 15.4 Å². The minimum atomic E-state index is -4.01. The quantitative estimate of drug-likeness (QED) is 0.282. The van der Waals surface area contributed by atoms with E-state index in [1.807, 2.05) is 37.3 Å². The maximum atomic E-state index is 14.8. The monoisotopic (exact) mass is 821 g/mol. The number of ether oxygens (including phenoxy) is 2. The van der Waals surface area contributed by atoms with Crippen molar-refractivity contribution in [3.8, 4) is 11.5 Å². The number of aromatic nitrogens is 1. The molecule has 0 radical (unpaired) electrons. The zero-order chi connectivity index (χ0) is 40.3. The van der Waals surface area contributed by atoms with E-state index in [1.54, 1.807) is 14.0 Å². The topological polar surface area (TPSA) is 173 Å². The summed E-state index contributed by atoms with van der Waals surface area (Å²) in [6, 6.07) is 4.66. The second-order valence-corrected chi connectivity index (χ2v) is 19.5. The number of sulfonamides is 1. The second-order valence-electron chi connectivity index (χ2n) is 16.4. The van der Waals surface area contributed by atoms with Crippen molar-refractivity contribution < 1.29 is 41.5 Å². The number of carbonyl (C=O) groups is 4. The number of fused-ring (bicyclic) bond motifs is 5. The summed E-state index contributed by atoms with van der Waals surface area (Å²) in [6.45, 7) is 3.57. The molecule has 3 N–H and O–H groups in total. The Labute approximate surface area is 335 Å². The maximum absolute atomic E-state index is 14.8. The Bertz CT molecular complexity index is 2290. The number of carbonyl (C=O) groups excluding carboxylic acids is 4. The molecular weight excluding hydrogens is 774 g/mol. The van der Waals surface area contributed by atoms with Crippen LogP contribution >= 0.6 is 11.3 Å². The number of pyridine rings is 1. The number of amides is 4. The molecule has 4 amide bonds. The van der Waals surface area contributed by atoms with Gasteiger partial charge in [-0.25, -0.2) is 17.8 Å². The molecule has 5 aliphatic rings. The molecule has 1 saturated heterocycles. The van der Waals surface area contributed by atoms with Gasteiger partial charge >= 0.3 is 0 Å². The van der Waals surface area contributed by atoms with Crippen LogP contribution in [0.1, 0.15) is 99.0 Å². The molecule has 16 heteroatoms. The first-order valence-electron chi connectivity index (χ1n) is 19.8. The van der Waals surface area contributed by atoms with Gasteiger partial charge in [-0.15, -0.1) is 11.3 Å². The number of hydrogen-bond donors (Lipinski definition) is 3. The van der Waals surface area contributed by atoms with E-state index >= 15 is 0 Å². The number of rotatable bonds is 7. The predicted octanol–water partition coefficient (Wildman–Crippen LogP) is 4.86. The number of aryl methyl sites for hydroxylation is 2. The van der Waals surface area contributed by atoms with Crippen LogP contribution in [0, 0.1) is 11.7 Å². The lowest BCUT2D eigenvalue weighted by atomic mass is 9.87. The van der Waals surface area contributed by atoms with Crippen LogP contribution in [0.3, 0.4) is 0 Å². The van der Waals surface area contributed by atoms with E-state index < -0.39 is 73.4 Å². The number of halogens is 1. The van der Waals surface area contributed by atoms with E-state index in [4.69, 9.17) is 14.5 Å². The van der Waals surface area contributed by atoms with E-state index in [-0.39, 0.29) is 30.7 Å². The highest BCUT2D eigenvalue weighted by Gasteiger charge is 2.64. The summed E-state index contributed by atoms with van der Waals surface area (Å²) in [5.41, 5.74) is -0.0877. The molecule has 0 bridgehead atoms. The lowest BCUT2D eigenvalue weighted by molar-refractivity contribution is -0.141. The first kappa shape index (κ1) is 39.3. The van der Waals surface area contributed by atoms with Gasteiger partial charge in [0.25, 0.3) is 11.8 Å². The summed E-state index contributed by atoms with van der Waals surface area (Å²) >= 11 is 0.933. The van der Waals surface area contributed by atoms with Crippen molar-refractivity contribution in [1.29, 1.82) is 0 Å². The Morgan fingerprint density at radius 1 is 1.14 bits per heavy atom. The molecule has 57 heavy (non-hydrogen) atoms. The minimum Gasteiger partial charge on any atom is -0.497 e. The Balaban J connectivity index is 1.16. The van der Waals surface area contributed by atoms with Crippen molar-refractivity contribution in [3.63, 3.8) is 0 Å². The number of hydrogen-bond acceptors (Lipinski definition) is 10. The first-order valence-corrected chi connectivity index (χ1v) is 22.2. The number of thiophene rings is 1. The Morgan fingerprint density at radius 3 is 2.67 bits per heavy atom. The summed E-state index contributed by atoms with van der Waals surface area (Å²) in [4.78, 5) is 63.1. The molecule has 8 rings (SSSR count). The van der Waals surface area contributed by atoms with Crippen LogP contribution in [0.25, 0.3) is 10.9 Å². The van der Waals surface area contributed by atoms with Crippen LogP contribution in [0.5, 0.6) is 11.5 Å². The van der Waals surface area contributed by atoms with Crippen LogP contribution in [0.15, 0.2) is 41.8 Å². The van der Waals surface area contributed by atoms with Crippen LogP contribution in [-0.2, 0) is 37.2 Å². The smallest absolute Gasteiger partial charge is 0.265 e. The average molecular weight is 822 g/mol. The molecule has 5 atom stereocenters. The number of allylic oxidation sites excluding steroid dienone is 1. The van der Waals surface area contributed by atoms with Gasteiger partial charge in [-0.2, -0.15) is 0 Å². The van der Waals surface area contributed by atoms with Crippen molar-refractivity contribution in [1.82, 2.24) is 25.2 Å². The summed E-state index contributed by atoms with van der Waals surface area (Å²) in [5.74, 6) is -2.55. The lowest BCUT2D eigenvalue weighted by Gasteiger charge is -2.37. The van der Waals surface area contributed by atoms with Crippen LogP contribution < -0.4 is 24.8 Å². The zero-order valence-corrected chi connectivity index (χ0v) is 34.0. The molecule has 2 aliphatic carbocycles. The Hall–Kier alpha value is -4.57. The van der Waals surface area contributed by atoms with Gasteiger partial charge in [-0.1, -0.05) is 31.9 Å². The Kier molecular flexibility index (Phi) is 10.1. The predicted molar refractivity (Wildman–Crippen MR) is 211 cm³/mol. The van der Waals surface area contributed by atoms with E-state index in [0.29, 0.717) is 56.4 Å². The molecule has 3 aromatic rings. The molecule has 1 aromatic carbocycles. The summed E-state index contributed by atoms with van der Waals surface area (Å²) in [6.07, 6.45) is 9.45. The maximum Gasteiger partial charge on any atom is 0.265 e. The van der Waals surface area contributed by atoms with E-state index in [9.17, 15) is 32.0 Å².